The number of unbranched alkanes of at least 4 members (excludes halogenated alkanes) is 15. The van der Waals surface area contributed by atoms with Crippen molar-refractivity contribution in [2.75, 3.05) is 32.2 Å². The average molecular weight is 828 g/mol. The molecule has 3 aromatic rings. The van der Waals surface area contributed by atoms with Gasteiger partial charge in [0.1, 0.15) is 42.3 Å². The molecule has 2 aromatic heterocycles. The molecule has 322 valence electrons. The molecule has 0 bridgehead atoms. The molecule has 0 saturated carbocycles. The second-order valence-electron chi connectivity index (χ2n) is 16.0. The lowest BCUT2D eigenvalue weighted by molar-refractivity contribution is -0.204. The molecule has 1 aromatic carbocycles. The van der Waals surface area contributed by atoms with Gasteiger partial charge in [-0.2, -0.15) is 10.4 Å². The Kier molecular flexibility index (Phi) is 18.4. The van der Waals surface area contributed by atoms with Gasteiger partial charge in [0.2, 0.25) is 5.60 Å². The Labute approximate surface area is 344 Å². The van der Waals surface area contributed by atoms with E-state index in [-0.39, 0.29) is 25.6 Å². The number of fused-ring (bicyclic) bond motifs is 2. The van der Waals surface area contributed by atoms with Crippen LogP contribution in [0.4, 0.5) is 5.82 Å². The van der Waals surface area contributed by atoms with E-state index in [9.17, 15) is 14.7 Å². The molecule has 14 nitrogen and oxygen atoms in total. The summed E-state index contributed by atoms with van der Waals surface area (Å²) >= 11 is 0. The van der Waals surface area contributed by atoms with Crippen LogP contribution in [0.15, 0.2) is 48.8 Å². The maximum atomic E-state index is 13.3. The summed E-state index contributed by atoms with van der Waals surface area (Å²) in [4.78, 5) is 14.8. The molecule has 3 N–H and O–H groups in total. The van der Waals surface area contributed by atoms with Gasteiger partial charge in [0.25, 0.3) is 0 Å². The third-order valence-electron chi connectivity index (χ3n) is 10.9. The number of hydrogen-bond acceptors (Lipinski definition) is 12. The van der Waals surface area contributed by atoms with Crippen LogP contribution in [0.1, 0.15) is 135 Å². The molecule has 0 aliphatic carbocycles. The number of phosphoric acid groups is 1. The summed E-state index contributed by atoms with van der Waals surface area (Å²) in [7, 11) is -4.63. The Morgan fingerprint density at radius 1 is 0.879 bits per heavy atom. The van der Waals surface area contributed by atoms with Gasteiger partial charge in [0.05, 0.1) is 32.1 Å². The van der Waals surface area contributed by atoms with Crippen molar-refractivity contribution in [3.05, 3.63) is 60.0 Å². The Bertz CT molecular complexity index is 1740. The van der Waals surface area contributed by atoms with Crippen molar-refractivity contribution in [1.82, 2.24) is 14.6 Å². The molecule has 5 rings (SSSR count). The molecular weight excluding hydrogens is 761 g/mol. The van der Waals surface area contributed by atoms with Gasteiger partial charge in [-0.15, -0.1) is 0 Å². The molecular formula is C43H66N5O9P. The highest BCUT2D eigenvalue weighted by atomic mass is 31.2. The quantitative estimate of drug-likeness (QED) is 0.0500. The molecule has 15 heteroatoms. The van der Waals surface area contributed by atoms with Crippen LogP contribution in [0.5, 0.6) is 0 Å². The van der Waals surface area contributed by atoms with Crippen LogP contribution in [-0.2, 0) is 49.5 Å². The van der Waals surface area contributed by atoms with Crippen LogP contribution in [-0.4, -0.2) is 76.1 Å². The lowest BCUT2D eigenvalue weighted by Gasteiger charge is -2.29. The van der Waals surface area contributed by atoms with Crippen molar-refractivity contribution in [2.45, 2.75) is 166 Å². The molecule has 0 amide bonds. The predicted octanol–water partition coefficient (Wildman–Crippen LogP) is 8.95. The number of hydrogen-bond donors (Lipinski definition) is 2. The monoisotopic (exact) mass is 827 g/mol. The van der Waals surface area contributed by atoms with Gasteiger partial charge in [0.15, 0.2) is 11.6 Å². The van der Waals surface area contributed by atoms with Crippen LogP contribution in [0.2, 0.25) is 0 Å². The second kappa shape index (κ2) is 23.1. The highest BCUT2D eigenvalue weighted by molar-refractivity contribution is 7.47. The van der Waals surface area contributed by atoms with E-state index in [0.717, 1.165) is 18.4 Å². The number of ether oxygens (including phenoxy) is 5. The lowest BCUT2D eigenvalue weighted by atomic mass is 9.92. The SMILES string of the molecule is CCCCCCCCCCCCCCCCCCOC[C@H](COP(=O)(O)OC[C@H]1O[C@@](C#N)(c2ccc3c(N)ncnn23)[C@@H]2OC(C)(C)O[C@@H]21)OCc1ccccc1. The standard InChI is InChI=1S/C43H66N5O9P/c1-4-5-6-7-8-9-10-11-12-13-14-15-16-17-18-22-27-51-29-35(52-28-34-23-20-19-21-24-34)30-53-58(49,50)54-31-37-39-40(57-42(2,3)56-39)43(32-44,55-37)38-26-25-36-41(45)46-33-47-48(36)38/h19-21,23-26,33,35,37,39-40H,4-18,22,27-31H2,1-3H3,(H,49,50)(H2,45,46,47)/t35-,37-,39-,40-,43+/m1/s1. The normalized spacial score (nSPS) is 22.8. The predicted molar refractivity (Wildman–Crippen MR) is 221 cm³/mol. The average Bonchev–Trinajstić information content (AvgIpc) is 3.88. The lowest BCUT2D eigenvalue weighted by Crippen LogP contribution is -2.40. The Morgan fingerprint density at radius 2 is 1.52 bits per heavy atom. The number of nitrogen functional groups attached to an aromatic ring is 1. The van der Waals surface area contributed by atoms with Gasteiger partial charge >= 0.3 is 7.82 Å². The summed E-state index contributed by atoms with van der Waals surface area (Å²) in [6.07, 6.45) is 18.7. The fourth-order valence-corrected chi connectivity index (χ4v) is 8.51. The van der Waals surface area contributed by atoms with Gasteiger partial charge < -0.3 is 34.3 Å². The summed E-state index contributed by atoms with van der Waals surface area (Å²) in [5, 5.41) is 14.9. The zero-order chi connectivity index (χ0) is 41.3. The number of aromatic nitrogens is 3. The second-order valence-corrected chi connectivity index (χ2v) is 17.5. The first-order chi connectivity index (χ1) is 28.1. The first kappa shape index (κ1) is 46.1. The third-order valence-corrected chi connectivity index (χ3v) is 11.8. The van der Waals surface area contributed by atoms with E-state index < -0.39 is 50.2 Å². The molecule has 0 spiro atoms. The zero-order valence-corrected chi connectivity index (χ0v) is 35.7. The largest absolute Gasteiger partial charge is 0.472 e. The highest BCUT2D eigenvalue weighted by Crippen LogP contribution is 2.51. The Hall–Kier alpha value is -2.96. The van der Waals surface area contributed by atoms with Gasteiger partial charge in [-0.25, -0.2) is 14.1 Å². The van der Waals surface area contributed by atoms with Crippen LogP contribution in [0.3, 0.4) is 0 Å². The molecule has 1 unspecified atom stereocenters. The van der Waals surface area contributed by atoms with Crippen LogP contribution >= 0.6 is 7.82 Å². The Morgan fingerprint density at radius 3 is 2.16 bits per heavy atom. The van der Waals surface area contributed by atoms with Gasteiger partial charge in [-0.1, -0.05) is 134 Å². The van der Waals surface area contributed by atoms with E-state index in [0.29, 0.717) is 17.8 Å². The van der Waals surface area contributed by atoms with Crippen molar-refractivity contribution in [2.24, 2.45) is 0 Å². The first-order valence-corrected chi connectivity index (χ1v) is 23.0. The molecule has 2 aliphatic rings. The van der Waals surface area contributed by atoms with E-state index in [2.05, 4.69) is 23.1 Å². The number of benzene rings is 1. The van der Waals surface area contributed by atoms with E-state index >= 15 is 0 Å². The summed E-state index contributed by atoms with van der Waals surface area (Å²) in [5.74, 6) is -0.849. The molecule has 2 aliphatic heterocycles. The van der Waals surface area contributed by atoms with Gasteiger partial charge in [-0.05, 0) is 38.0 Å². The summed E-state index contributed by atoms with van der Waals surface area (Å²) in [6.45, 7) is 6.07. The van der Waals surface area contributed by atoms with Crippen LogP contribution < -0.4 is 5.73 Å². The minimum absolute atomic E-state index is 0.186. The zero-order valence-electron chi connectivity index (χ0n) is 34.8. The van der Waals surface area contributed by atoms with Crippen molar-refractivity contribution in [1.29, 1.82) is 5.26 Å². The fraction of sp³-hybridized carbons (Fsp3) is 0.698. The molecule has 58 heavy (non-hydrogen) atoms. The fourth-order valence-electron chi connectivity index (χ4n) is 7.75. The molecule has 6 atom stereocenters. The minimum atomic E-state index is -4.63. The minimum Gasteiger partial charge on any atom is -0.382 e. The number of nitriles is 1. The number of anilines is 1. The molecule has 2 saturated heterocycles. The number of rotatable bonds is 29. The number of nitrogens with zero attached hydrogens (tertiary/aromatic N) is 4. The van der Waals surface area contributed by atoms with Crippen LogP contribution in [0, 0.1) is 11.3 Å². The summed E-state index contributed by atoms with van der Waals surface area (Å²) in [6, 6.07) is 15.3. The smallest absolute Gasteiger partial charge is 0.382 e. The van der Waals surface area contributed by atoms with E-state index in [1.807, 2.05) is 30.3 Å². The number of phosphoric ester groups is 1. The van der Waals surface area contributed by atoms with Crippen molar-refractivity contribution < 1.29 is 42.2 Å². The molecule has 4 heterocycles. The van der Waals surface area contributed by atoms with Gasteiger partial charge in [0, 0.05) is 6.61 Å². The van der Waals surface area contributed by atoms with Crippen molar-refractivity contribution >= 4 is 19.2 Å². The van der Waals surface area contributed by atoms with Crippen LogP contribution in [0.25, 0.3) is 5.52 Å². The van der Waals surface area contributed by atoms with Gasteiger partial charge in [-0.3, -0.25) is 9.05 Å². The first-order valence-electron chi connectivity index (χ1n) is 21.5. The topological polar surface area (TPSA) is 182 Å². The Balaban J connectivity index is 1.04. The van der Waals surface area contributed by atoms with E-state index in [1.54, 1.807) is 26.0 Å². The highest BCUT2D eigenvalue weighted by Gasteiger charge is 2.65. The van der Waals surface area contributed by atoms with Crippen molar-refractivity contribution in [3.8, 4) is 6.07 Å². The molecule has 0 radical (unpaired) electrons. The third kappa shape index (κ3) is 13.5. The number of nitrogens with two attached hydrogens (primary N) is 1. The maximum absolute atomic E-state index is 13.3. The van der Waals surface area contributed by atoms with Crippen molar-refractivity contribution in [3.63, 3.8) is 0 Å². The van der Waals surface area contributed by atoms with E-state index in [1.165, 1.54) is 101 Å². The summed E-state index contributed by atoms with van der Waals surface area (Å²) in [5.41, 5.74) is 6.13. The maximum Gasteiger partial charge on any atom is 0.472 e. The summed E-state index contributed by atoms with van der Waals surface area (Å²) < 4.78 is 56.4. The van der Waals surface area contributed by atoms with E-state index in [4.69, 9.17) is 38.5 Å². The molecule has 2 fully saturated rings.